The SMILES string of the molecule is CCC1CCSC(NC(C)c2ccccc2C)=N1. The van der Waals surface area contributed by atoms with Crippen molar-refractivity contribution in [3.8, 4) is 0 Å². The van der Waals surface area contributed by atoms with Crippen molar-refractivity contribution in [2.75, 3.05) is 5.75 Å². The van der Waals surface area contributed by atoms with Gasteiger partial charge in [0.25, 0.3) is 0 Å². The van der Waals surface area contributed by atoms with E-state index in [1.54, 1.807) is 0 Å². The number of benzene rings is 1. The first kappa shape index (κ1) is 13.5. The molecule has 2 unspecified atom stereocenters. The van der Waals surface area contributed by atoms with Gasteiger partial charge in [0.05, 0.1) is 12.1 Å². The quantitative estimate of drug-likeness (QED) is 0.893. The molecule has 0 saturated heterocycles. The molecule has 0 spiro atoms. The molecule has 0 amide bonds. The number of amidine groups is 1. The van der Waals surface area contributed by atoms with Crippen LogP contribution in [-0.4, -0.2) is 17.0 Å². The molecule has 2 nitrogen and oxygen atoms in total. The third kappa shape index (κ3) is 3.29. The van der Waals surface area contributed by atoms with E-state index >= 15 is 0 Å². The molecular weight excluding hydrogens is 240 g/mol. The van der Waals surface area contributed by atoms with Crippen molar-refractivity contribution in [1.82, 2.24) is 5.32 Å². The number of hydrogen-bond donors (Lipinski definition) is 1. The Labute approximate surface area is 114 Å². The topological polar surface area (TPSA) is 24.4 Å². The lowest BCUT2D eigenvalue weighted by molar-refractivity contribution is 0.622. The molecule has 0 bridgehead atoms. The van der Waals surface area contributed by atoms with Crippen LogP contribution in [-0.2, 0) is 0 Å². The highest BCUT2D eigenvalue weighted by molar-refractivity contribution is 8.13. The van der Waals surface area contributed by atoms with Crippen LogP contribution in [0.2, 0.25) is 0 Å². The number of nitrogens with zero attached hydrogens (tertiary/aromatic N) is 1. The van der Waals surface area contributed by atoms with E-state index in [1.165, 1.54) is 23.3 Å². The standard InChI is InChI=1S/C15H22N2S/c1-4-13-9-10-18-15(17-13)16-12(3)14-8-6-5-7-11(14)2/h5-8,12-13H,4,9-10H2,1-3H3,(H,16,17). The van der Waals surface area contributed by atoms with Crippen LogP contribution in [0.4, 0.5) is 0 Å². The number of hydrogen-bond acceptors (Lipinski definition) is 3. The smallest absolute Gasteiger partial charge is 0.157 e. The van der Waals surface area contributed by atoms with Crippen LogP contribution in [0.15, 0.2) is 29.3 Å². The van der Waals surface area contributed by atoms with Gasteiger partial charge in [0.15, 0.2) is 5.17 Å². The second-order valence-electron chi connectivity index (χ2n) is 4.86. The van der Waals surface area contributed by atoms with E-state index in [4.69, 9.17) is 4.99 Å². The second-order valence-corrected chi connectivity index (χ2v) is 5.94. The Kier molecular flexibility index (Phi) is 4.70. The van der Waals surface area contributed by atoms with E-state index in [0.29, 0.717) is 12.1 Å². The van der Waals surface area contributed by atoms with Crippen molar-refractivity contribution in [3.05, 3.63) is 35.4 Å². The molecule has 0 saturated carbocycles. The Bertz CT molecular complexity index is 428. The van der Waals surface area contributed by atoms with Crippen molar-refractivity contribution in [2.45, 2.75) is 45.7 Å². The van der Waals surface area contributed by atoms with Crippen LogP contribution in [0.1, 0.15) is 43.9 Å². The van der Waals surface area contributed by atoms with E-state index in [2.05, 4.69) is 50.4 Å². The van der Waals surface area contributed by atoms with Gasteiger partial charge in [-0.15, -0.1) is 0 Å². The van der Waals surface area contributed by atoms with Crippen LogP contribution in [0.3, 0.4) is 0 Å². The molecule has 3 heteroatoms. The minimum atomic E-state index is 0.327. The molecular formula is C15H22N2S. The molecule has 1 aliphatic rings. The molecule has 18 heavy (non-hydrogen) atoms. The summed E-state index contributed by atoms with van der Waals surface area (Å²) < 4.78 is 0. The van der Waals surface area contributed by atoms with E-state index in [-0.39, 0.29) is 0 Å². The van der Waals surface area contributed by atoms with Crippen LogP contribution >= 0.6 is 11.8 Å². The lowest BCUT2D eigenvalue weighted by atomic mass is 10.0. The number of nitrogens with one attached hydrogen (secondary N) is 1. The zero-order chi connectivity index (χ0) is 13.0. The lowest BCUT2D eigenvalue weighted by Crippen LogP contribution is -2.29. The summed E-state index contributed by atoms with van der Waals surface area (Å²) in [6, 6.07) is 9.39. The molecule has 0 fully saturated rings. The maximum Gasteiger partial charge on any atom is 0.157 e. The van der Waals surface area contributed by atoms with Gasteiger partial charge in [-0.2, -0.15) is 0 Å². The molecule has 0 aromatic heterocycles. The van der Waals surface area contributed by atoms with E-state index < -0.39 is 0 Å². The Balaban J connectivity index is 2.05. The lowest BCUT2D eigenvalue weighted by Gasteiger charge is -2.23. The summed E-state index contributed by atoms with van der Waals surface area (Å²) in [4.78, 5) is 4.76. The summed E-state index contributed by atoms with van der Waals surface area (Å²) in [6.45, 7) is 6.59. The summed E-state index contributed by atoms with van der Waals surface area (Å²) in [6.07, 6.45) is 2.36. The Morgan fingerprint density at radius 1 is 1.44 bits per heavy atom. The monoisotopic (exact) mass is 262 g/mol. The first-order valence-corrected chi connectivity index (χ1v) is 7.72. The third-order valence-electron chi connectivity index (χ3n) is 3.46. The van der Waals surface area contributed by atoms with Gasteiger partial charge >= 0.3 is 0 Å². The normalized spacial score (nSPS) is 21.3. The number of rotatable bonds is 3. The molecule has 1 heterocycles. The van der Waals surface area contributed by atoms with E-state index in [9.17, 15) is 0 Å². The predicted molar refractivity (Wildman–Crippen MR) is 81.3 cm³/mol. The Morgan fingerprint density at radius 2 is 2.22 bits per heavy atom. The molecule has 2 rings (SSSR count). The number of aryl methyl sites for hydroxylation is 1. The summed E-state index contributed by atoms with van der Waals surface area (Å²) >= 11 is 1.85. The Morgan fingerprint density at radius 3 is 2.94 bits per heavy atom. The van der Waals surface area contributed by atoms with Crippen LogP contribution in [0.5, 0.6) is 0 Å². The second kappa shape index (κ2) is 6.28. The van der Waals surface area contributed by atoms with Gasteiger partial charge in [-0.05, 0) is 37.8 Å². The van der Waals surface area contributed by atoms with Crippen molar-refractivity contribution < 1.29 is 0 Å². The van der Waals surface area contributed by atoms with Gasteiger partial charge in [0.1, 0.15) is 0 Å². The number of aliphatic imine (C=N–C) groups is 1. The fourth-order valence-electron chi connectivity index (χ4n) is 2.27. The molecule has 0 aliphatic carbocycles. The summed E-state index contributed by atoms with van der Waals surface area (Å²) in [7, 11) is 0. The molecule has 1 aromatic carbocycles. The molecule has 2 atom stereocenters. The Hall–Kier alpha value is -0.960. The minimum absolute atomic E-state index is 0.327. The average molecular weight is 262 g/mol. The van der Waals surface area contributed by atoms with Gasteiger partial charge in [-0.3, -0.25) is 4.99 Å². The highest BCUT2D eigenvalue weighted by Gasteiger charge is 2.16. The van der Waals surface area contributed by atoms with Gasteiger partial charge < -0.3 is 5.32 Å². The van der Waals surface area contributed by atoms with E-state index in [1.807, 2.05) is 11.8 Å². The molecule has 98 valence electrons. The first-order valence-electron chi connectivity index (χ1n) is 6.73. The van der Waals surface area contributed by atoms with Crippen molar-refractivity contribution in [3.63, 3.8) is 0 Å². The van der Waals surface area contributed by atoms with Crippen LogP contribution in [0.25, 0.3) is 0 Å². The fraction of sp³-hybridized carbons (Fsp3) is 0.533. The maximum atomic E-state index is 4.76. The van der Waals surface area contributed by atoms with Gasteiger partial charge in [0, 0.05) is 5.75 Å². The molecule has 1 N–H and O–H groups in total. The van der Waals surface area contributed by atoms with Crippen LogP contribution in [0, 0.1) is 6.92 Å². The van der Waals surface area contributed by atoms with E-state index in [0.717, 1.165) is 11.6 Å². The summed E-state index contributed by atoms with van der Waals surface area (Å²) in [5.41, 5.74) is 2.70. The van der Waals surface area contributed by atoms with Crippen LogP contribution < -0.4 is 5.32 Å². The molecule has 1 aromatic rings. The highest BCUT2D eigenvalue weighted by Crippen LogP contribution is 2.22. The number of thioether (sulfide) groups is 1. The summed E-state index contributed by atoms with van der Waals surface area (Å²) in [5.74, 6) is 1.19. The first-order chi connectivity index (χ1) is 8.70. The maximum absolute atomic E-state index is 4.76. The predicted octanol–water partition coefficient (Wildman–Crippen LogP) is 3.92. The van der Waals surface area contributed by atoms with Crippen molar-refractivity contribution >= 4 is 16.9 Å². The van der Waals surface area contributed by atoms with Gasteiger partial charge in [-0.1, -0.05) is 43.0 Å². The van der Waals surface area contributed by atoms with Gasteiger partial charge in [0.2, 0.25) is 0 Å². The largest absolute Gasteiger partial charge is 0.358 e. The summed E-state index contributed by atoms with van der Waals surface area (Å²) in [5, 5.41) is 4.67. The fourth-order valence-corrected chi connectivity index (χ4v) is 3.34. The zero-order valence-electron chi connectivity index (χ0n) is 11.4. The molecule has 0 radical (unpaired) electrons. The third-order valence-corrected chi connectivity index (χ3v) is 4.39. The average Bonchev–Trinajstić information content (AvgIpc) is 2.39. The minimum Gasteiger partial charge on any atom is -0.358 e. The van der Waals surface area contributed by atoms with Crippen molar-refractivity contribution in [2.24, 2.45) is 4.99 Å². The zero-order valence-corrected chi connectivity index (χ0v) is 12.3. The van der Waals surface area contributed by atoms with Gasteiger partial charge in [-0.25, -0.2) is 0 Å². The van der Waals surface area contributed by atoms with Crippen molar-refractivity contribution in [1.29, 1.82) is 0 Å². The highest BCUT2D eigenvalue weighted by atomic mass is 32.2. The molecule has 1 aliphatic heterocycles.